The Kier molecular flexibility index (Phi) is 4.66. The first kappa shape index (κ1) is 19.6. The maximum absolute atomic E-state index is 12.9. The first-order valence-electron chi connectivity index (χ1n) is 11.1. The van der Waals surface area contributed by atoms with Crippen LogP contribution in [0.25, 0.3) is 27.6 Å². The lowest BCUT2D eigenvalue weighted by molar-refractivity contribution is 0.102. The Bertz CT molecular complexity index is 1470. The molecule has 0 aliphatic carbocycles. The van der Waals surface area contributed by atoms with Gasteiger partial charge < -0.3 is 10.3 Å². The number of amides is 1. The largest absolute Gasteiger partial charge is 0.341 e. The van der Waals surface area contributed by atoms with E-state index in [9.17, 15) is 4.79 Å². The molecule has 8 heteroatoms. The number of anilines is 1. The number of H-pyrrole nitrogens is 1. The summed E-state index contributed by atoms with van der Waals surface area (Å²) in [4.78, 5) is 27.5. The minimum Gasteiger partial charge on any atom is -0.341 e. The third-order valence-electron chi connectivity index (χ3n) is 6.33. The van der Waals surface area contributed by atoms with Crippen LogP contribution in [0, 0.1) is 0 Å². The van der Waals surface area contributed by atoms with Crippen molar-refractivity contribution in [1.29, 1.82) is 0 Å². The molecule has 2 aromatic carbocycles. The fraction of sp³-hybridized carbons (Fsp3) is 0.200. The van der Waals surface area contributed by atoms with E-state index in [0.29, 0.717) is 11.6 Å². The van der Waals surface area contributed by atoms with Crippen LogP contribution in [0.5, 0.6) is 0 Å². The monoisotopic (exact) mass is 437 g/mol. The van der Waals surface area contributed by atoms with Crippen LogP contribution in [0.3, 0.4) is 0 Å². The lowest BCUT2D eigenvalue weighted by Gasteiger charge is -2.16. The summed E-state index contributed by atoms with van der Waals surface area (Å²) in [7, 11) is 2.13. The molecular weight excluding hydrogens is 414 g/mol. The van der Waals surface area contributed by atoms with Gasteiger partial charge >= 0.3 is 0 Å². The normalized spacial score (nSPS) is 16.6. The summed E-state index contributed by atoms with van der Waals surface area (Å²) >= 11 is 0. The van der Waals surface area contributed by atoms with Crippen LogP contribution in [0.4, 0.5) is 5.69 Å². The van der Waals surface area contributed by atoms with Gasteiger partial charge in [-0.15, -0.1) is 0 Å². The minimum atomic E-state index is -0.164. The molecule has 2 N–H and O–H groups in total. The van der Waals surface area contributed by atoms with Crippen molar-refractivity contribution in [3.63, 3.8) is 0 Å². The molecular formula is C25H23N7O. The number of aromatic amines is 1. The quantitative estimate of drug-likeness (QED) is 0.437. The summed E-state index contributed by atoms with van der Waals surface area (Å²) in [5, 5.41) is 8.37. The van der Waals surface area contributed by atoms with E-state index in [-0.39, 0.29) is 5.91 Å². The molecule has 33 heavy (non-hydrogen) atoms. The molecule has 8 nitrogen and oxygen atoms in total. The summed E-state index contributed by atoms with van der Waals surface area (Å²) in [6, 6.07) is 15.5. The summed E-state index contributed by atoms with van der Waals surface area (Å²) in [5.41, 5.74) is 5.00. The smallest absolute Gasteiger partial charge is 0.255 e. The van der Waals surface area contributed by atoms with Crippen molar-refractivity contribution >= 4 is 33.5 Å². The standard InChI is InChI=1S/C25H23N7O/c1-31-12-2-3-23(31)24-29-20-6-5-18(14-21(20)30-24)28-25(33)16-4-7-22-17(13-16)15-27-32(22)19-8-10-26-11-9-19/h4-11,13-15,23H,2-3,12H2,1H3,(H,28,33)(H,29,30). The Morgan fingerprint density at radius 1 is 1.12 bits per heavy atom. The number of rotatable bonds is 4. The molecule has 4 heterocycles. The number of carbonyl (C=O) groups is 1. The lowest BCUT2D eigenvalue weighted by Crippen LogP contribution is -2.18. The maximum atomic E-state index is 12.9. The Balaban J connectivity index is 1.24. The average Bonchev–Trinajstić information content (AvgIpc) is 3.56. The van der Waals surface area contributed by atoms with Gasteiger partial charge in [-0.3, -0.25) is 14.7 Å². The predicted molar refractivity (Wildman–Crippen MR) is 128 cm³/mol. The van der Waals surface area contributed by atoms with Gasteiger partial charge in [-0.2, -0.15) is 5.10 Å². The highest BCUT2D eigenvalue weighted by Gasteiger charge is 2.25. The van der Waals surface area contributed by atoms with Gasteiger partial charge in [0.25, 0.3) is 5.91 Å². The summed E-state index contributed by atoms with van der Waals surface area (Å²) < 4.78 is 1.84. The predicted octanol–water partition coefficient (Wildman–Crippen LogP) is 4.32. The third kappa shape index (κ3) is 3.54. The molecule has 1 unspecified atom stereocenters. The number of hydrogen-bond donors (Lipinski definition) is 2. The van der Waals surface area contributed by atoms with Gasteiger partial charge in [0.15, 0.2) is 0 Å². The highest BCUT2D eigenvalue weighted by Crippen LogP contribution is 2.30. The third-order valence-corrected chi connectivity index (χ3v) is 6.33. The minimum absolute atomic E-state index is 0.164. The molecule has 1 atom stereocenters. The highest BCUT2D eigenvalue weighted by molar-refractivity contribution is 6.06. The van der Waals surface area contributed by atoms with Gasteiger partial charge in [0.05, 0.1) is 34.5 Å². The maximum Gasteiger partial charge on any atom is 0.255 e. The van der Waals surface area contributed by atoms with Crippen LogP contribution in [0.15, 0.2) is 67.1 Å². The van der Waals surface area contributed by atoms with Crippen LogP contribution >= 0.6 is 0 Å². The molecule has 3 aromatic heterocycles. The molecule has 5 aromatic rings. The topological polar surface area (TPSA) is 91.7 Å². The fourth-order valence-electron chi connectivity index (χ4n) is 4.59. The molecule has 6 rings (SSSR count). The second-order valence-electron chi connectivity index (χ2n) is 8.48. The van der Waals surface area contributed by atoms with Crippen molar-refractivity contribution < 1.29 is 4.79 Å². The SMILES string of the molecule is CN1CCCC1c1nc2ccc(NC(=O)c3ccc4c(cnn4-c4ccncc4)c3)cc2[nH]1. The highest BCUT2D eigenvalue weighted by atomic mass is 16.1. The van der Waals surface area contributed by atoms with Gasteiger partial charge in [-0.25, -0.2) is 9.67 Å². The van der Waals surface area contributed by atoms with E-state index in [1.54, 1.807) is 18.6 Å². The number of benzene rings is 2. The molecule has 1 aliphatic heterocycles. The Labute approximate surface area is 190 Å². The molecule has 0 radical (unpaired) electrons. The van der Waals surface area contributed by atoms with Crippen molar-refractivity contribution in [2.75, 3.05) is 18.9 Å². The zero-order chi connectivity index (χ0) is 22.4. The van der Waals surface area contributed by atoms with Crippen molar-refractivity contribution in [2.45, 2.75) is 18.9 Å². The van der Waals surface area contributed by atoms with Gasteiger partial charge in [0.2, 0.25) is 0 Å². The van der Waals surface area contributed by atoms with E-state index < -0.39 is 0 Å². The Morgan fingerprint density at radius 3 is 2.82 bits per heavy atom. The van der Waals surface area contributed by atoms with Crippen LogP contribution in [-0.2, 0) is 0 Å². The van der Waals surface area contributed by atoms with Crippen LogP contribution in [0.1, 0.15) is 35.1 Å². The Morgan fingerprint density at radius 2 is 2.00 bits per heavy atom. The van der Waals surface area contributed by atoms with E-state index >= 15 is 0 Å². The number of fused-ring (bicyclic) bond motifs is 2. The molecule has 0 spiro atoms. The average molecular weight is 438 g/mol. The van der Waals surface area contributed by atoms with Gasteiger partial charge in [0, 0.05) is 29.0 Å². The number of nitrogens with one attached hydrogen (secondary N) is 2. The molecule has 1 saturated heterocycles. The Hall–Kier alpha value is -4.04. The number of imidazole rings is 1. The van der Waals surface area contributed by atoms with E-state index in [4.69, 9.17) is 4.98 Å². The lowest BCUT2D eigenvalue weighted by atomic mass is 10.1. The van der Waals surface area contributed by atoms with E-state index in [1.807, 2.05) is 53.2 Å². The molecule has 1 amide bonds. The first-order valence-corrected chi connectivity index (χ1v) is 11.1. The van der Waals surface area contributed by atoms with Gasteiger partial charge in [-0.1, -0.05) is 0 Å². The summed E-state index contributed by atoms with van der Waals surface area (Å²) in [6.07, 6.45) is 7.53. The van der Waals surface area contributed by atoms with E-state index in [2.05, 4.69) is 32.3 Å². The van der Waals surface area contributed by atoms with Crippen LogP contribution in [0.2, 0.25) is 0 Å². The number of hydrogen-bond acceptors (Lipinski definition) is 5. The first-order chi connectivity index (χ1) is 16.2. The van der Waals surface area contributed by atoms with Crippen molar-refractivity contribution in [1.82, 2.24) is 29.6 Å². The van der Waals surface area contributed by atoms with Crippen molar-refractivity contribution in [3.8, 4) is 5.69 Å². The van der Waals surface area contributed by atoms with E-state index in [0.717, 1.165) is 52.1 Å². The number of aromatic nitrogens is 5. The van der Waals surface area contributed by atoms with Gasteiger partial charge in [0.1, 0.15) is 5.82 Å². The molecule has 0 saturated carbocycles. The number of pyridine rings is 1. The van der Waals surface area contributed by atoms with E-state index in [1.165, 1.54) is 6.42 Å². The second kappa shape index (κ2) is 7.83. The number of carbonyl (C=O) groups excluding carboxylic acids is 1. The second-order valence-corrected chi connectivity index (χ2v) is 8.48. The zero-order valence-corrected chi connectivity index (χ0v) is 18.2. The zero-order valence-electron chi connectivity index (χ0n) is 18.2. The van der Waals surface area contributed by atoms with Gasteiger partial charge in [-0.05, 0) is 75.0 Å². The van der Waals surface area contributed by atoms with Crippen LogP contribution in [-0.4, -0.2) is 49.1 Å². The summed E-state index contributed by atoms with van der Waals surface area (Å²) in [6.45, 7) is 1.09. The van der Waals surface area contributed by atoms with Crippen molar-refractivity contribution in [3.05, 3.63) is 78.5 Å². The molecule has 164 valence electrons. The van der Waals surface area contributed by atoms with Crippen LogP contribution < -0.4 is 5.32 Å². The summed E-state index contributed by atoms with van der Waals surface area (Å²) in [5.74, 6) is 0.827. The molecule has 0 bridgehead atoms. The number of nitrogens with zero attached hydrogens (tertiary/aromatic N) is 5. The fourth-order valence-corrected chi connectivity index (χ4v) is 4.59. The van der Waals surface area contributed by atoms with Crippen molar-refractivity contribution in [2.24, 2.45) is 0 Å². The molecule has 1 fully saturated rings. The molecule has 1 aliphatic rings. The number of likely N-dealkylation sites (tertiary alicyclic amines) is 1.